The average molecular weight is 338 g/mol. The number of nitrogens with two attached hydrogens (primary N) is 1. The van der Waals surface area contributed by atoms with Crippen molar-refractivity contribution in [1.82, 2.24) is 9.97 Å². The summed E-state index contributed by atoms with van der Waals surface area (Å²) in [4.78, 5) is 8.57. The van der Waals surface area contributed by atoms with Crippen LogP contribution in [0.3, 0.4) is 0 Å². The van der Waals surface area contributed by atoms with E-state index in [9.17, 15) is 5.11 Å². The van der Waals surface area contributed by atoms with E-state index in [0.29, 0.717) is 12.2 Å². The number of fused-ring (bicyclic) bond motifs is 1. The second-order valence-corrected chi connectivity index (χ2v) is 5.31. The van der Waals surface area contributed by atoms with Crippen LogP contribution in [0.2, 0.25) is 0 Å². The minimum Gasteiger partial charge on any atom is -0.497 e. The third-order valence-corrected chi connectivity index (χ3v) is 3.64. The van der Waals surface area contributed by atoms with Crippen molar-refractivity contribution < 1.29 is 9.84 Å². The van der Waals surface area contributed by atoms with Crippen molar-refractivity contribution in [2.45, 2.75) is 38.6 Å². The summed E-state index contributed by atoms with van der Waals surface area (Å²) in [5.41, 5.74) is 6.57. The third-order valence-electron chi connectivity index (χ3n) is 3.64. The van der Waals surface area contributed by atoms with Crippen LogP contribution in [-0.4, -0.2) is 34.8 Å². The predicted molar refractivity (Wildman–Crippen MR) is 99.5 cm³/mol. The number of anilines is 2. The molecular formula is C16H26N4O2S. The van der Waals surface area contributed by atoms with Crippen LogP contribution in [0.25, 0.3) is 10.9 Å². The van der Waals surface area contributed by atoms with Gasteiger partial charge in [-0.1, -0.05) is 19.8 Å². The number of aromatic nitrogens is 2. The monoisotopic (exact) mass is 338 g/mol. The van der Waals surface area contributed by atoms with Crippen LogP contribution in [0.15, 0.2) is 18.2 Å². The molecule has 0 bridgehead atoms. The molecule has 1 heterocycles. The summed E-state index contributed by atoms with van der Waals surface area (Å²) in [6, 6.07) is 5.77. The van der Waals surface area contributed by atoms with Crippen molar-refractivity contribution in [2.75, 3.05) is 24.8 Å². The first-order valence-corrected chi connectivity index (χ1v) is 7.66. The minimum absolute atomic E-state index is 0. The van der Waals surface area contributed by atoms with Crippen LogP contribution >= 0.6 is 13.5 Å². The first kappa shape index (κ1) is 19.3. The molecule has 2 rings (SSSR count). The van der Waals surface area contributed by atoms with Gasteiger partial charge in [0.15, 0.2) is 0 Å². The Hall–Kier alpha value is -1.73. The standard InChI is InChI=1S/C16H24N4O2.H2S/c1-3-4-5-11(8-9-21)18-15-13-10-12(22-2)6-7-14(13)19-16(17)20-15;/h6-7,10-11,21H,3-5,8-9H2,1-2H3,(H3,17,18,19,20);1H2/t11-;/m1./s1. The summed E-state index contributed by atoms with van der Waals surface area (Å²) in [7, 11) is 1.63. The molecular weight excluding hydrogens is 312 g/mol. The Morgan fingerprint density at radius 3 is 2.74 bits per heavy atom. The molecule has 0 aliphatic heterocycles. The van der Waals surface area contributed by atoms with Gasteiger partial charge >= 0.3 is 0 Å². The van der Waals surface area contributed by atoms with Gasteiger partial charge < -0.3 is 20.9 Å². The zero-order valence-electron chi connectivity index (χ0n) is 13.7. The van der Waals surface area contributed by atoms with Crippen molar-refractivity contribution in [2.24, 2.45) is 0 Å². The van der Waals surface area contributed by atoms with Gasteiger partial charge in [-0.25, -0.2) is 4.98 Å². The van der Waals surface area contributed by atoms with Crippen molar-refractivity contribution in [3.05, 3.63) is 18.2 Å². The van der Waals surface area contributed by atoms with Crippen molar-refractivity contribution in [1.29, 1.82) is 0 Å². The summed E-state index contributed by atoms with van der Waals surface area (Å²) in [6.45, 7) is 2.29. The lowest BCUT2D eigenvalue weighted by atomic mass is 10.1. The van der Waals surface area contributed by atoms with Gasteiger partial charge in [0.25, 0.3) is 0 Å². The number of aliphatic hydroxyl groups excluding tert-OH is 1. The van der Waals surface area contributed by atoms with Gasteiger partial charge in [0.05, 0.1) is 12.6 Å². The van der Waals surface area contributed by atoms with Crippen LogP contribution in [0, 0.1) is 0 Å². The fraction of sp³-hybridized carbons (Fsp3) is 0.500. The topological polar surface area (TPSA) is 93.3 Å². The van der Waals surface area contributed by atoms with Gasteiger partial charge in [-0.05, 0) is 31.0 Å². The Morgan fingerprint density at radius 2 is 2.09 bits per heavy atom. The Balaban J connectivity index is 0.00000264. The average Bonchev–Trinajstić information content (AvgIpc) is 2.52. The number of nitrogens with one attached hydrogen (secondary N) is 1. The highest BCUT2D eigenvalue weighted by Gasteiger charge is 2.13. The normalized spacial score (nSPS) is 11.8. The first-order valence-electron chi connectivity index (χ1n) is 7.66. The Labute approximate surface area is 143 Å². The second kappa shape index (κ2) is 9.42. The minimum atomic E-state index is 0. The molecule has 7 heteroatoms. The molecule has 23 heavy (non-hydrogen) atoms. The quantitative estimate of drug-likeness (QED) is 0.685. The lowest BCUT2D eigenvalue weighted by Crippen LogP contribution is -2.22. The van der Waals surface area contributed by atoms with Crippen LogP contribution < -0.4 is 15.8 Å². The molecule has 0 fully saturated rings. The fourth-order valence-electron chi connectivity index (χ4n) is 2.45. The molecule has 0 unspecified atom stereocenters. The number of nitrogen functional groups attached to an aromatic ring is 1. The predicted octanol–water partition coefficient (Wildman–Crippen LogP) is 2.69. The van der Waals surface area contributed by atoms with E-state index in [4.69, 9.17) is 10.5 Å². The van der Waals surface area contributed by atoms with Crippen LogP contribution in [0.1, 0.15) is 32.6 Å². The summed E-state index contributed by atoms with van der Waals surface area (Å²) in [5, 5.41) is 13.5. The highest BCUT2D eigenvalue weighted by atomic mass is 32.1. The molecule has 1 aromatic carbocycles. The number of hydrogen-bond acceptors (Lipinski definition) is 6. The van der Waals surface area contributed by atoms with Gasteiger partial charge in [0, 0.05) is 18.0 Å². The largest absolute Gasteiger partial charge is 0.497 e. The maximum absolute atomic E-state index is 9.25. The second-order valence-electron chi connectivity index (χ2n) is 5.31. The van der Waals surface area contributed by atoms with E-state index in [1.165, 1.54) is 0 Å². The van der Waals surface area contributed by atoms with E-state index in [1.807, 2.05) is 18.2 Å². The van der Waals surface area contributed by atoms with E-state index >= 15 is 0 Å². The number of hydrogen-bond donors (Lipinski definition) is 3. The van der Waals surface area contributed by atoms with E-state index in [2.05, 4.69) is 22.2 Å². The lowest BCUT2D eigenvalue weighted by Gasteiger charge is -2.19. The summed E-state index contributed by atoms with van der Waals surface area (Å²) < 4.78 is 5.27. The smallest absolute Gasteiger partial charge is 0.222 e. The number of ether oxygens (including phenoxy) is 1. The number of aliphatic hydroxyl groups is 1. The molecule has 6 nitrogen and oxygen atoms in total. The van der Waals surface area contributed by atoms with Gasteiger partial charge in [-0.2, -0.15) is 18.5 Å². The van der Waals surface area contributed by atoms with E-state index < -0.39 is 0 Å². The zero-order chi connectivity index (χ0) is 15.9. The Bertz CT molecular complexity index is 624. The Kier molecular flexibility index (Phi) is 7.91. The number of rotatable bonds is 8. The zero-order valence-corrected chi connectivity index (χ0v) is 14.7. The highest BCUT2D eigenvalue weighted by Crippen LogP contribution is 2.27. The number of unbranched alkanes of at least 4 members (excludes halogenated alkanes) is 1. The summed E-state index contributed by atoms with van der Waals surface area (Å²) in [5.74, 6) is 1.67. The van der Waals surface area contributed by atoms with E-state index in [1.54, 1.807) is 7.11 Å². The third kappa shape index (κ3) is 5.14. The van der Waals surface area contributed by atoms with Crippen LogP contribution in [0.4, 0.5) is 11.8 Å². The molecule has 0 spiro atoms. The molecule has 0 radical (unpaired) electrons. The SMILES string of the molecule is CCCC[C@H](CCO)Nc1nc(N)nc2ccc(OC)cc12.S. The van der Waals surface area contributed by atoms with Gasteiger partial charge in [-0.15, -0.1) is 0 Å². The molecule has 0 saturated heterocycles. The maximum atomic E-state index is 9.25. The molecule has 0 aliphatic carbocycles. The first-order chi connectivity index (χ1) is 10.7. The molecule has 2 aromatic rings. The van der Waals surface area contributed by atoms with Gasteiger partial charge in [0.2, 0.25) is 5.95 Å². The maximum Gasteiger partial charge on any atom is 0.222 e. The molecule has 0 saturated carbocycles. The molecule has 128 valence electrons. The number of nitrogens with zero attached hydrogens (tertiary/aromatic N) is 2. The summed E-state index contributed by atoms with van der Waals surface area (Å²) in [6.07, 6.45) is 3.87. The molecule has 1 aromatic heterocycles. The number of benzene rings is 1. The lowest BCUT2D eigenvalue weighted by molar-refractivity contribution is 0.276. The highest BCUT2D eigenvalue weighted by molar-refractivity contribution is 7.59. The number of methoxy groups -OCH3 is 1. The molecule has 0 aliphatic rings. The van der Waals surface area contributed by atoms with Gasteiger partial charge in [-0.3, -0.25) is 0 Å². The molecule has 0 amide bonds. The van der Waals surface area contributed by atoms with Crippen LogP contribution in [0.5, 0.6) is 5.75 Å². The van der Waals surface area contributed by atoms with Crippen molar-refractivity contribution in [3.8, 4) is 5.75 Å². The van der Waals surface area contributed by atoms with E-state index in [-0.39, 0.29) is 32.1 Å². The summed E-state index contributed by atoms with van der Waals surface area (Å²) >= 11 is 0. The Morgan fingerprint density at radius 1 is 1.30 bits per heavy atom. The van der Waals surface area contributed by atoms with Gasteiger partial charge in [0.1, 0.15) is 11.6 Å². The van der Waals surface area contributed by atoms with Crippen molar-refractivity contribution >= 4 is 36.2 Å². The van der Waals surface area contributed by atoms with Crippen molar-refractivity contribution in [3.63, 3.8) is 0 Å². The fourth-order valence-corrected chi connectivity index (χ4v) is 2.45. The molecule has 4 N–H and O–H groups in total. The van der Waals surface area contributed by atoms with Crippen LogP contribution in [-0.2, 0) is 0 Å². The van der Waals surface area contributed by atoms with E-state index in [0.717, 1.165) is 35.9 Å². The molecule has 1 atom stereocenters.